The molecular formula is C9H17N5S. The fourth-order valence-corrected chi connectivity index (χ4v) is 2.41. The smallest absolute Gasteiger partial charge is 0.233 e. The highest BCUT2D eigenvalue weighted by molar-refractivity contribution is 7.09. The highest BCUT2D eigenvalue weighted by atomic mass is 32.1. The molecule has 15 heavy (non-hydrogen) atoms. The van der Waals surface area contributed by atoms with Crippen LogP contribution in [-0.2, 0) is 0 Å². The summed E-state index contributed by atoms with van der Waals surface area (Å²) in [4.78, 5) is 6.39. The molecule has 1 fully saturated rings. The van der Waals surface area contributed by atoms with Crippen molar-refractivity contribution in [1.82, 2.24) is 14.3 Å². The zero-order valence-corrected chi connectivity index (χ0v) is 9.97. The molecule has 1 aliphatic carbocycles. The van der Waals surface area contributed by atoms with Gasteiger partial charge in [-0.25, -0.2) is 0 Å². The lowest BCUT2D eigenvalue weighted by Crippen LogP contribution is -2.54. The van der Waals surface area contributed by atoms with Gasteiger partial charge in [-0.3, -0.25) is 0 Å². The number of nitrogens with zero attached hydrogens (tertiary/aromatic N) is 3. The second-order valence-electron chi connectivity index (χ2n) is 4.28. The van der Waals surface area contributed by atoms with Crippen molar-refractivity contribution >= 4 is 22.6 Å². The number of nitrogens with one attached hydrogen (secondary N) is 1. The Morgan fingerprint density at radius 2 is 2.27 bits per heavy atom. The molecule has 1 aliphatic rings. The summed E-state index contributed by atoms with van der Waals surface area (Å²) in [6, 6.07) is 0. The van der Waals surface area contributed by atoms with Gasteiger partial charge < -0.3 is 16.0 Å². The first-order chi connectivity index (χ1) is 7.12. The van der Waals surface area contributed by atoms with Crippen LogP contribution in [0, 0.1) is 0 Å². The van der Waals surface area contributed by atoms with Gasteiger partial charge in [0.25, 0.3) is 0 Å². The molecule has 0 atom stereocenters. The Morgan fingerprint density at radius 1 is 1.53 bits per heavy atom. The molecule has 6 heteroatoms. The first-order valence-corrected chi connectivity index (χ1v) is 5.90. The minimum absolute atomic E-state index is 0.306. The third-order valence-corrected chi connectivity index (χ3v) is 3.93. The fourth-order valence-electron chi connectivity index (χ4n) is 1.91. The number of anilines is 2. The quantitative estimate of drug-likeness (QED) is 0.803. The van der Waals surface area contributed by atoms with E-state index in [1.807, 2.05) is 0 Å². The summed E-state index contributed by atoms with van der Waals surface area (Å²) < 4.78 is 3.94. The maximum Gasteiger partial charge on any atom is 0.233 e. The SMILES string of the molecule is CN(C)C1(CNc2nc(N)ns2)CCC1. The van der Waals surface area contributed by atoms with Crippen molar-refractivity contribution in [2.24, 2.45) is 0 Å². The minimum Gasteiger partial charge on any atom is -0.367 e. The van der Waals surface area contributed by atoms with E-state index >= 15 is 0 Å². The van der Waals surface area contributed by atoms with Crippen molar-refractivity contribution in [3.05, 3.63) is 0 Å². The van der Waals surface area contributed by atoms with E-state index in [1.54, 1.807) is 0 Å². The summed E-state index contributed by atoms with van der Waals surface area (Å²) >= 11 is 1.32. The molecule has 0 aliphatic heterocycles. The number of likely N-dealkylation sites (N-methyl/N-ethyl adjacent to an activating group) is 1. The van der Waals surface area contributed by atoms with E-state index in [2.05, 4.69) is 33.7 Å². The van der Waals surface area contributed by atoms with Crippen LogP contribution >= 0.6 is 11.5 Å². The Balaban J connectivity index is 1.92. The van der Waals surface area contributed by atoms with Crippen LogP contribution in [0.25, 0.3) is 0 Å². The van der Waals surface area contributed by atoms with Crippen molar-refractivity contribution in [1.29, 1.82) is 0 Å². The summed E-state index contributed by atoms with van der Waals surface area (Å²) in [6.45, 7) is 0.925. The lowest BCUT2D eigenvalue weighted by Gasteiger charge is -2.47. The van der Waals surface area contributed by atoms with Crippen LogP contribution in [0.1, 0.15) is 19.3 Å². The zero-order valence-electron chi connectivity index (χ0n) is 9.16. The number of aromatic nitrogens is 2. The van der Waals surface area contributed by atoms with Gasteiger partial charge in [-0.05, 0) is 33.4 Å². The molecule has 1 aromatic heterocycles. The van der Waals surface area contributed by atoms with E-state index in [0.29, 0.717) is 11.5 Å². The second-order valence-corrected chi connectivity index (χ2v) is 5.04. The van der Waals surface area contributed by atoms with Crippen LogP contribution in [0.5, 0.6) is 0 Å². The molecular weight excluding hydrogens is 210 g/mol. The van der Waals surface area contributed by atoms with E-state index in [9.17, 15) is 0 Å². The van der Waals surface area contributed by atoms with Crippen molar-refractivity contribution in [3.63, 3.8) is 0 Å². The maximum atomic E-state index is 5.46. The molecule has 5 nitrogen and oxygen atoms in total. The third kappa shape index (κ3) is 2.05. The molecule has 0 radical (unpaired) electrons. The Bertz CT molecular complexity index is 331. The average molecular weight is 227 g/mol. The van der Waals surface area contributed by atoms with E-state index in [-0.39, 0.29) is 0 Å². The third-order valence-electron chi connectivity index (χ3n) is 3.24. The summed E-state index contributed by atoms with van der Waals surface area (Å²) in [5.41, 5.74) is 5.77. The maximum absolute atomic E-state index is 5.46. The van der Waals surface area contributed by atoms with Crippen molar-refractivity contribution in [2.75, 3.05) is 31.7 Å². The average Bonchev–Trinajstić information content (AvgIpc) is 2.49. The molecule has 84 valence electrons. The predicted octanol–water partition coefficient (Wildman–Crippen LogP) is 1.02. The van der Waals surface area contributed by atoms with Gasteiger partial charge in [0, 0.05) is 23.6 Å². The van der Waals surface area contributed by atoms with Gasteiger partial charge in [0.1, 0.15) is 0 Å². The molecule has 2 rings (SSSR count). The van der Waals surface area contributed by atoms with Crippen LogP contribution in [0.15, 0.2) is 0 Å². The second kappa shape index (κ2) is 3.94. The summed E-state index contributed by atoms with van der Waals surface area (Å²) in [5.74, 6) is 0.356. The molecule has 3 N–H and O–H groups in total. The van der Waals surface area contributed by atoms with Crippen molar-refractivity contribution in [3.8, 4) is 0 Å². The minimum atomic E-state index is 0.306. The van der Waals surface area contributed by atoms with Crippen LogP contribution in [0.2, 0.25) is 0 Å². The van der Waals surface area contributed by atoms with Gasteiger partial charge in [-0.15, -0.1) is 0 Å². The van der Waals surface area contributed by atoms with Crippen LogP contribution < -0.4 is 11.1 Å². The molecule has 0 unspecified atom stereocenters. The van der Waals surface area contributed by atoms with E-state index in [4.69, 9.17) is 5.73 Å². The fraction of sp³-hybridized carbons (Fsp3) is 0.778. The van der Waals surface area contributed by atoms with Gasteiger partial charge >= 0.3 is 0 Å². The Morgan fingerprint density at radius 3 is 2.67 bits per heavy atom. The predicted molar refractivity (Wildman–Crippen MR) is 63.1 cm³/mol. The van der Waals surface area contributed by atoms with Crippen molar-refractivity contribution in [2.45, 2.75) is 24.8 Å². The molecule has 0 bridgehead atoms. The first-order valence-electron chi connectivity index (χ1n) is 5.13. The Labute approximate surface area is 93.9 Å². The highest BCUT2D eigenvalue weighted by Crippen LogP contribution is 2.36. The number of nitrogens with two attached hydrogens (primary N) is 1. The lowest BCUT2D eigenvalue weighted by atomic mass is 9.75. The largest absolute Gasteiger partial charge is 0.367 e. The molecule has 0 amide bonds. The molecule has 1 saturated carbocycles. The van der Waals surface area contributed by atoms with Gasteiger partial charge in [-0.1, -0.05) is 0 Å². The Kier molecular flexibility index (Phi) is 2.79. The van der Waals surface area contributed by atoms with E-state index < -0.39 is 0 Å². The van der Waals surface area contributed by atoms with E-state index in [0.717, 1.165) is 11.7 Å². The topological polar surface area (TPSA) is 67.1 Å². The van der Waals surface area contributed by atoms with Crippen LogP contribution in [0.3, 0.4) is 0 Å². The van der Waals surface area contributed by atoms with Gasteiger partial charge in [0.05, 0.1) is 0 Å². The van der Waals surface area contributed by atoms with Gasteiger partial charge in [0.15, 0.2) is 0 Å². The monoisotopic (exact) mass is 227 g/mol. The van der Waals surface area contributed by atoms with Crippen molar-refractivity contribution < 1.29 is 0 Å². The lowest BCUT2D eigenvalue weighted by molar-refractivity contribution is 0.0739. The van der Waals surface area contributed by atoms with Crippen LogP contribution in [-0.4, -0.2) is 40.4 Å². The molecule has 1 aromatic rings. The number of rotatable bonds is 4. The summed E-state index contributed by atoms with van der Waals surface area (Å²) in [7, 11) is 4.27. The standard InChI is InChI=1S/C9H17N5S/c1-14(2)9(4-3-5-9)6-11-8-12-7(10)13-15-8/h3-6H2,1-2H3,(H3,10,11,12,13). The molecule has 0 aromatic carbocycles. The Hall–Kier alpha value is -0.880. The number of hydrogen-bond donors (Lipinski definition) is 2. The summed E-state index contributed by atoms with van der Waals surface area (Å²) in [5, 5.41) is 4.13. The van der Waals surface area contributed by atoms with Gasteiger partial charge in [0.2, 0.25) is 11.1 Å². The number of nitrogen functional groups attached to an aromatic ring is 1. The van der Waals surface area contributed by atoms with Crippen LogP contribution in [0.4, 0.5) is 11.1 Å². The molecule has 0 saturated heterocycles. The normalized spacial score (nSPS) is 18.9. The highest BCUT2D eigenvalue weighted by Gasteiger charge is 2.38. The first kappa shape index (κ1) is 10.6. The number of hydrogen-bond acceptors (Lipinski definition) is 6. The molecule has 1 heterocycles. The van der Waals surface area contributed by atoms with E-state index in [1.165, 1.54) is 30.8 Å². The summed E-state index contributed by atoms with van der Waals surface area (Å²) in [6.07, 6.45) is 3.82. The van der Waals surface area contributed by atoms with Gasteiger partial charge in [-0.2, -0.15) is 9.36 Å². The molecule has 0 spiro atoms. The zero-order chi connectivity index (χ0) is 10.9.